The van der Waals surface area contributed by atoms with Gasteiger partial charge in [0.1, 0.15) is 6.04 Å². The minimum absolute atomic E-state index is 0.312. The Hall–Kier alpha value is -1.39. The molecule has 0 radical (unpaired) electrons. The van der Waals surface area contributed by atoms with Gasteiger partial charge in [0.15, 0.2) is 0 Å². The predicted octanol–water partition coefficient (Wildman–Crippen LogP) is 2.51. The first-order valence-electron chi connectivity index (χ1n) is 7.25. The Bertz CT molecular complexity index is 416. The fraction of sp³-hybridized carbons (Fsp3) is 0.562. The van der Waals surface area contributed by atoms with Crippen LogP contribution < -0.4 is 5.32 Å². The molecule has 0 heterocycles. The van der Waals surface area contributed by atoms with E-state index in [0.29, 0.717) is 6.42 Å². The van der Waals surface area contributed by atoms with Gasteiger partial charge in [-0.2, -0.15) is 0 Å². The van der Waals surface area contributed by atoms with Crippen LogP contribution in [0.15, 0.2) is 24.3 Å². The lowest BCUT2D eigenvalue weighted by Crippen LogP contribution is -2.44. The molecule has 0 aromatic heterocycles. The molecule has 1 aromatic carbocycles. The van der Waals surface area contributed by atoms with Gasteiger partial charge < -0.3 is 10.2 Å². The van der Waals surface area contributed by atoms with Crippen molar-refractivity contribution >= 4 is 5.97 Å². The molecule has 3 unspecified atom stereocenters. The van der Waals surface area contributed by atoms with E-state index < -0.39 is 18.1 Å². The van der Waals surface area contributed by atoms with Crippen molar-refractivity contribution in [2.24, 2.45) is 0 Å². The topological polar surface area (TPSA) is 69.6 Å². The second kappa shape index (κ2) is 8.02. The van der Waals surface area contributed by atoms with Gasteiger partial charge in [-0.05, 0) is 30.9 Å². The molecule has 3 N–H and O–H groups in total. The highest BCUT2D eigenvalue weighted by molar-refractivity contribution is 5.73. The Morgan fingerprint density at radius 2 is 1.85 bits per heavy atom. The molecule has 0 aliphatic rings. The van der Waals surface area contributed by atoms with Crippen molar-refractivity contribution in [2.45, 2.75) is 58.2 Å². The van der Waals surface area contributed by atoms with Gasteiger partial charge in [0.05, 0.1) is 6.10 Å². The number of aliphatic hydroxyl groups is 1. The summed E-state index contributed by atoms with van der Waals surface area (Å²) < 4.78 is 0. The predicted molar refractivity (Wildman–Crippen MR) is 79.7 cm³/mol. The molecule has 112 valence electrons. The van der Waals surface area contributed by atoms with Gasteiger partial charge in [0, 0.05) is 6.04 Å². The monoisotopic (exact) mass is 279 g/mol. The van der Waals surface area contributed by atoms with Crippen LogP contribution >= 0.6 is 0 Å². The summed E-state index contributed by atoms with van der Waals surface area (Å²) in [7, 11) is 0. The van der Waals surface area contributed by atoms with Gasteiger partial charge in [-0.15, -0.1) is 0 Å². The first kappa shape index (κ1) is 16.7. The summed E-state index contributed by atoms with van der Waals surface area (Å²) in [6, 6.07) is 6.92. The summed E-state index contributed by atoms with van der Waals surface area (Å²) in [5.41, 5.74) is 2.06. The molecule has 4 nitrogen and oxygen atoms in total. The van der Waals surface area contributed by atoms with Crippen molar-refractivity contribution < 1.29 is 15.0 Å². The average Bonchev–Trinajstić information content (AvgIpc) is 2.44. The number of benzene rings is 1. The molecular weight excluding hydrogens is 254 g/mol. The Labute approximate surface area is 120 Å². The molecular formula is C16H25NO3. The van der Waals surface area contributed by atoms with Crippen molar-refractivity contribution in [1.82, 2.24) is 5.32 Å². The number of rotatable bonds is 8. The fourth-order valence-electron chi connectivity index (χ4n) is 2.23. The molecule has 0 bridgehead atoms. The average molecular weight is 279 g/mol. The molecule has 0 saturated heterocycles. The largest absolute Gasteiger partial charge is 0.480 e. The second-order valence-electron chi connectivity index (χ2n) is 5.19. The minimum atomic E-state index is -0.884. The van der Waals surface area contributed by atoms with Gasteiger partial charge in [-0.1, -0.05) is 44.5 Å². The lowest BCUT2D eigenvalue weighted by Gasteiger charge is -2.24. The van der Waals surface area contributed by atoms with Crippen LogP contribution in [-0.4, -0.2) is 28.3 Å². The fourth-order valence-corrected chi connectivity index (χ4v) is 2.23. The summed E-state index contributed by atoms with van der Waals surface area (Å²) in [6.45, 7) is 5.74. The first-order valence-corrected chi connectivity index (χ1v) is 7.25. The number of aliphatic carboxylic acids is 1. The highest BCUT2D eigenvalue weighted by Gasteiger charge is 2.22. The van der Waals surface area contributed by atoms with Gasteiger partial charge in [-0.3, -0.25) is 10.1 Å². The number of hydrogen-bond acceptors (Lipinski definition) is 3. The molecule has 0 saturated carbocycles. The summed E-state index contributed by atoms with van der Waals surface area (Å²) >= 11 is 0. The van der Waals surface area contributed by atoms with Crippen LogP contribution in [0.3, 0.4) is 0 Å². The van der Waals surface area contributed by atoms with E-state index in [0.717, 1.165) is 18.4 Å². The summed E-state index contributed by atoms with van der Waals surface area (Å²) in [5, 5.41) is 22.3. The van der Waals surface area contributed by atoms with E-state index >= 15 is 0 Å². The van der Waals surface area contributed by atoms with Gasteiger partial charge in [0.25, 0.3) is 0 Å². The summed E-state index contributed by atoms with van der Waals surface area (Å²) in [4.78, 5) is 11.0. The van der Waals surface area contributed by atoms with Crippen LogP contribution in [0.4, 0.5) is 0 Å². The van der Waals surface area contributed by atoms with Gasteiger partial charge in [0.2, 0.25) is 0 Å². The number of aryl methyl sites for hydroxylation is 1. The van der Waals surface area contributed by atoms with Gasteiger partial charge >= 0.3 is 5.97 Å². The lowest BCUT2D eigenvalue weighted by atomic mass is 10.00. The molecule has 0 spiro atoms. The number of carboxylic acids is 1. The summed E-state index contributed by atoms with van der Waals surface area (Å²) in [5.74, 6) is -0.884. The molecule has 0 fully saturated rings. The molecule has 3 atom stereocenters. The second-order valence-corrected chi connectivity index (χ2v) is 5.19. The van der Waals surface area contributed by atoms with Crippen molar-refractivity contribution in [3.05, 3.63) is 35.4 Å². The van der Waals surface area contributed by atoms with E-state index in [1.165, 1.54) is 5.56 Å². The van der Waals surface area contributed by atoms with Crippen molar-refractivity contribution in [1.29, 1.82) is 0 Å². The Kier molecular flexibility index (Phi) is 6.68. The number of nitrogens with one attached hydrogen (secondary N) is 1. The highest BCUT2D eigenvalue weighted by atomic mass is 16.4. The maximum Gasteiger partial charge on any atom is 0.320 e. The number of carbonyl (C=O) groups is 1. The van der Waals surface area contributed by atoms with E-state index in [1.54, 1.807) is 6.92 Å². The Balaban J connectivity index is 2.68. The molecule has 1 rings (SSSR count). The summed E-state index contributed by atoms with van der Waals surface area (Å²) in [6.07, 6.45) is 1.90. The molecule has 20 heavy (non-hydrogen) atoms. The van der Waals surface area contributed by atoms with E-state index in [2.05, 4.69) is 12.2 Å². The van der Waals surface area contributed by atoms with Crippen molar-refractivity contribution in [2.75, 3.05) is 0 Å². The molecule has 1 aromatic rings. The van der Waals surface area contributed by atoms with Crippen LogP contribution in [0.2, 0.25) is 0 Å². The zero-order chi connectivity index (χ0) is 15.1. The van der Waals surface area contributed by atoms with Crippen LogP contribution in [0, 0.1) is 0 Å². The van der Waals surface area contributed by atoms with Crippen LogP contribution in [-0.2, 0) is 11.2 Å². The zero-order valence-electron chi connectivity index (χ0n) is 12.5. The van der Waals surface area contributed by atoms with Crippen molar-refractivity contribution in [3.63, 3.8) is 0 Å². The van der Waals surface area contributed by atoms with E-state index in [4.69, 9.17) is 5.11 Å². The third kappa shape index (κ3) is 4.62. The Morgan fingerprint density at radius 3 is 2.30 bits per heavy atom. The quantitative estimate of drug-likeness (QED) is 0.684. The number of hydrogen-bond donors (Lipinski definition) is 3. The SMILES string of the molecule is CCCc1ccc(C(O)C(C)NC(CC)C(=O)O)cc1. The maximum absolute atomic E-state index is 11.0. The number of carboxylic acid groups (broad SMARTS) is 1. The smallest absolute Gasteiger partial charge is 0.320 e. The van der Waals surface area contributed by atoms with Crippen LogP contribution in [0.25, 0.3) is 0 Å². The molecule has 0 aliphatic carbocycles. The van der Waals surface area contributed by atoms with Crippen LogP contribution in [0.5, 0.6) is 0 Å². The normalized spacial score (nSPS) is 15.6. The lowest BCUT2D eigenvalue weighted by molar-refractivity contribution is -0.140. The van der Waals surface area contributed by atoms with Crippen molar-refractivity contribution in [3.8, 4) is 0 Å². The molecule has 0 aliphatic heterocycles. The maximum atomic E-state index is 11.0. The standard InChI is InChI=1S/C16H25NO3/c1-4-6-12-7-9-13(10-8-12)15(18)11(3)17-14(5-2)16(19)20/h7-11,14-15,17-18H,4-6H2,1-3H3,(H,19,20). The highest BCUT2D eigenvalue weighted by Crippen LogP contribution is 2.18. The molecule has 4 heteroatoms. The van der Waals surface area contributed by atoms with E-state index in [9.17, 15) is 9.90 Å². The van der Waals surface area contributed by atoms with E-state index in [1.807, 2.05) is 31.2 Å². The Morgan fingerprint density at radius 1 is 1.25 bits per heavy atom. The number of aliphatic hydroxyl groups excluding tert-OH is 1. The third-order valence-corrected chi connectivity index (χ3v) is 3.50. The van der Waals surface area contributed by atoms with E-state index in [-0.39, 0.29) is 6.04 Å². The first-order chi connectivity index (χ1) is 9.49. The van der Waals surface area contributed by atoms with Crippen LogP contribution in [0.1, 0.15) is 50.8 Å². The molecule has 0 amide bonds. The minimum Gasteiger partial charge on any atom is -0.480 e. The zero-order valence-corrected chi connectivity index (χ0v) is 12.5. The third-order valence-electron chi connectivity index (χ3n) is 3.50. The van der Waals surface area contributed by atoms with Gasteiger partial charge in [-0.25, -0.2) is 0 Å².